The SMILES string of the molecule is CS(=O)(=O)CCCOCCOCCN1CCN(c2nc(N)nc3c2CCc2cc(OCc4ccccc4)ccc2-3)CC1.Cl.Cl. The van der Waals surface area contributed by atoms with Crippen LogP contribution in [-0.4, -0.2) is 94.4 Å². The number of nitrogens with two attached hydrogens (primary N) is 1. The number of aromatic nitrogens is 2. The van der Waals surface area contributed by atoms with Gasteiger partial charge in [-0.25, -0.2) is 13.4 Å². The van der Waals surface area contributed by atoms with E-state index in [1.807, 2.05) is 24.3 Å². The Morgan fingerprint density at radius 3 is 2.34 bits per heavy atom. The van der Waals surface area contributed by atoms with Gasteiger partial charge in [-0.3, -0.25) is 4.90 Å². The summed E-state index contributed by atoms with van der Waals surface area (Å²) in [7, 11) is -2.93. The number of piperazine rings is 1. The van der Waals surface area contributed by atoms with Crippen molar-refractivity contribution in [2.24, 2.45) is 0 Å². The molecule has 0 unspecified atom stereocenters. The first-order valence-corrected chi connectivity index (χ1v) is 16.7. The van der Waals surface area contributed by atoms with Gasteiger partial charge in [0.1, 0.15) is 28.0 Å². The van der Waals surface area contributed by atoms with E-state index in [1.165, 1.54) is 17.4 Å². The van der Waals surface area contributed by atoms with Crippen LogP contribution in [0.25, 0.3) is 11.3 Å². The minimum Gasteiger partial charge on any atom is -0.489 e. The van der Waals surface area contributed by atoms with Crippen LogP contribution in [0.15, 0.2) is 48.5 Å². The lowest BCUT2D eigenvalue weighted by atomic mass is 9.88. The molecule has 242 valence electrons. The maximum Gasteiger partial charge on any atom is 0.222 e. The molecule has 10 nitrogen and oxygen atoms in total. The maximum atomic E-state index is 11.1. The van der Waals surface area contributed by atoms with Gasteiger partial charge in [0.2, 0.25) is 5.95 Å². The summed E-state index contributed by atoms with van der Waals surface area (Å²) in [6, 6.07) is 16.4. The molecular weight excluding hydrogens is 625 g/mol. The zero-order valence-electron chi connectivity index (χ0n) is 25.2. The number of sulfone groups is 1. The van der Waals surface area contributed by atoms with Crippen molar-refractivity contribution in [1.29, 1.82) is 0 Å². The van der Waals surface area contributed by atoms with Crippen molar-refractivity contribution in [3.63, 3.8) is 0 Å². The Labute approximate surface area is 273 Å². The Balaban J connectivity index is 0.00000264. The van der Waals surface area contributed by atoms with Crippen molar-refractivity contribution < 1.29 is 22.6 Å². The van der Waals surface area contributed by atoms with Crippen LogP contribution in [0.5, 0.6) is 5.75 Å². The Morgan fingerprint density at radius 1 is 0.886 bits per heavy atom. The van der Waals surface area contributed by atoms with Crippen LogP contribution in [0.3, 0.4) is 0 Å². The standard InChI is InChI=1S/C31H41N5O5S.2ClH/c1-42(37,38)21-5-17-39-19-20-40-18-16-35-12-14-36(15-13-35)30-28-10-8-25-22-26(41-23-24-6-3-2-4-7-24)9-11-27(25)29(28)33-31(32)34-30;;/h2-4,6-7,9,11,22H,5,8,10,12-21,23H2,1H3,(H2,32,33,34);2*1H. The van der Waals surface area contributed by atoms with Crippen LogP contribution in [0, 0.1) is 0 Å². The van der Waals surface area contributed by atoms with Gasteiger partial charge in [0.25, 0.3) is 0 Å². The summed E-state index contributed by atoms with van der Waals surface area (Å²) in [6.07, 6.45) is 3.53. The number of benzene rings is 2. The summed E-state index contributed by atoms with van der Waals surface area (Å²) in [4.78, 5) is 14.1. The van der Waals surface area contributed by atoms with Crippen molar-refractivity contribution in [3.8, 4) is 17.0 Å². The van der Waals surface area contributed by atoms with Crippen LogP contribution in [-0.2, 0) is 38.8 Å². The molecule has 2 aromatic carbocycles. The van der Waals surface area contributed by atoms with Crippen molar-refractivity contribution in [2.45, 2.75) is 25.9 Å². The third kappa shape index (κ3) is 10.2. The van der Waals surface area contributed by atoms with Gasteiger partial charge in [-0.2, -0.15) is 4.98 Å². The molecule has 0 amide bonds. The Bertz CT molecular complexity index is 1440. The molecule has 1 aliphatic heterocycles. The zero-order chi connectivity index (χ0) is 29.4. The molecule has 5 rings (SSSR count). The van der Waals surface area contributed by atoms with E-state index in [-0.39, 0.29) is 30.6 Å². The lowest BCUT2D eigenvalue weighted by Gasteiger charge is -2.37. The number of halogens is 2. The predicted octanol–water partition coefficient (Wildman–Crippen LogP) is 3.84. The summed E-state index contributed by atoms with van der Waals surface area (Å²) in [5.41, 5.74) is 11.8. The van der Waals surface area contributed by atoms with Crippen LogP contribution in [0.4, 0.5) is 11.8 Å². The van der Waals surface area contributed by atoms with Crippen LogP contribution >= 0.6 is 24.8 Å². The molecule has 44 heavy (non-hydrogen) atoms. The molecular formula is C31H43Cl2N5O5S. The first-order valence-electron chi connectivity index (χ1n) is 14.6. The second-order valence-corrected chi connectivity index (χ2v) is 13.1. The van der Waals surface area contributed by atoms with Crippen molar-refractivity contribution in [1.82, 2.24) is 14.9 Å². The molecule has 2 aliphatic rings. The highest BCUT2D eigenvalue weighted by Crippen LogP contribution is 2.38. The summed E-state index contributed by atoms with van der Waals surface area (Å²) < 4.78 is 39.5. The highest BCUT2D eigenvalue weighted by molar-refractivity contribution is 7.90. The zero-order valence-corrected chi connectivity index (χ0v) is 27.6. The Hall–Kier alpha value is -2.67. The molecule has 1 saturated heterocycles. The average Bonchev–Trinajstić information content (AvgIpc) is 2.99. The van der Waals surface area contributed by atoms with E-state index in [9.17, 15) is 8.42 Å². The van der Waals surface area contributed by atoms with Gasteiger partial charge in [0, 0.05) is 56.7 Å². The predicted molar refractivity (Wildman–Crippen MR) is 179 cm³/mol. The number of rotatable bonds is 14. The molecule has 0 atom stereocenters. The minimum absolute atomic E-state index is 0. The second kappa shape index (κ2) is 17.1. The van der Waals surface area contributed by atoms with Gasteiger partial charge in [-0.15, -0.1) is 24.8 Å². The number of nitrogens with zero attached hydrogens (tertiary/aromatic N) is 4. The molecule has 0 spiro atoms. The third-order valence-corrected chi connectivity index (χ3v) is 8.66. The summed E-state index contributed by atoms with van der Waals surface area (Å²) in [6.45, 7) is 7.02. The van der Waals surface area contributed by atoms with E-state index < -0.39 is 9.84 Å². The Morgan fingerprint density at radius 2 is 1.61 bits per heavy atom. The van der Waals surface area contributed by atoms with E-state index in [4.69, 9.17) is 24.9 Å². The van der Waals surface area contributed by atoms with Crippen molar-refractivity contribution in [2.75, 3.05) is 81.8 Å². The number of hydrogen-bond donors (Lipinski definition) is 1. The van der Waals surface area contributed by atoms with Crippen molar-refractivity contribution in [3.05, 3.63) is 65.2 Å². The lowest BCUT2D eigenvalue weighted by Crippen LogP contribution is -2.48. The molecule has 0 radical (unpaired) electrons. The van der Waals surface area contributed by atoms with Gasteiger partial charge < -0.3 is 24.8 Å². The molecule has 1 aliphatic carbocycles. The van der Waals surface area contributed by atoms with Gasteiger partial charge in [0.15, 0.2) is 0 Å². The van der Waals surface area contributed by atoms with Gasteiger partial charge in [0.05, 0.1) is 31.3 Å². The number of anilines is 2. The second-order valence-electron chi connectivity index (χ2n) is 10.9. The first kappa shape index (κ1) is 35.8. The molecule has 3 aromatic rings. The van der Waals surface area contributed by atoms with Crippen LogP contribution < -0.4 is 15.4 Å². The highest BCUT2D eigenvalue weighted by Gasteiger charge is 2.27. The van der Waals surface area contributed by atoms with E-state index in [0.717, 1.165) is 74.0 Å². The monoisotopic (exact) mass is 667 g/mol. The fourth-order valence-corrected chi connectivity index (χ4v) is 6.07. The van der Waals surface area contributed by atoms with E-state index >= 15 is 0 Å². The first-order chi connectivity index (χ1) is 20.4. The Kier molecular flexibility index (Phi) is 13.9. The molecule has 1 fully saturated rings. The molecule has 0 saturated carbocycles. The molecule has 2 heterocycles. The molecule has 2 N–H and O–H groups in total. The smallest absolute Gasteiger partial charge is 0.222 e. The lowest BCUT2D eigenvalue weighted by molar-refractivity contribution is 0.0384. The summed E-state index contributed by atoms with van der Waals surface area (Å²) >= 11 is 0. The molecule has 0 bridgehead atoms. The number of aryl methyl sites for hydroxylation is 1. The van der Waals surface area contributed by atoms with Crippen molar-refractivity contribution >= 4 is 46.4 Å². The summed E-state index contributed by atoms with van der Waals surface area (Å²) in [5.74, 6) is 2.27. The summed E-state index contributed by atoms with van der Waals surface area (Å²) in [5, 5.41) is 0. The number of hydrogen-bond acceptors (Lipinski definition) is 10. The number of ether oxygens (including phenoxy) is 3. The maximum absolute atomic E-state index is 11.1. The fourth-order valence-electron chi connectivity index (χ4n) is 5.42. The minimum atomic E-state index is -2.93. The van der Waals surface area contributed by atoms with Crippen LogP contribution in [0.1, 0.15) is 23.1 Å². The average molecular weight is 669 g/mol. The van der Waals surface area contributed by atoms with Crippen LogP contribution in [0.2, 0.25) is 0 Å². The number of nitrogen functional groups attached to an aromatic ring is 1. The van der Waals surface area contributed by atoms with Gasteiger partial charge >= 0.3 is 0 Å². The largest absolute Gasteiger partial charge is 0.489 e. The highest BCUT2D eigenvalue weighted by atomic mass is 35.5. The van der Waals surface area contributed by atoms with Gasteiger partial charge in [-0.05, 0) is 48.6 Å². The molecule has 13 heteroatoms. The number of fused-ring (bicyclic) bond motifs is 3. The molecule has 1 aromatic heterocycles. The normalized spacial score (nSPS) is 14.6. The third-order valence-electron chi connectivity index (χ3n) is 7.63. The fraction of sp³-hybridized carbons (Fsp3) is 0.484. The van der Waals surface area contributed by atoms with Gasteiger partial charge in [-0.1, -0.05) is 30.3 Å². The van der Waals surface area contributed by atoms with E-state index in [0.29, 0.717) is 45.4 Å². The van der Waals surface area contributed by atoms with E-state index in [2.05, 4.69) is 39.0 Å². The quantitative estimate of drug-likeness (QED) is 0.254. The van der Waals surface area contributed by atoms with E-state index in [1.54, 1.807) is 0 Å². The topological polar surface area (TPSA) is 120 Å².